The minimum atomic E-state index is -1.34. The molecule has 1 fully saturated rings. The highest BCUT2D eigenvalue weighted by Crippen LogP contribution is 2.38. The van der Waals surface area contributed by atoms with Crippen LogP contribution < -0.4 is 5.73 Å². The van der Waals surface area contributed by atoms with E-state index in [0.29, 0.717) is 12.8 Å². The molecule has 2 aliphatic rings. The number of allylic oxidation sites excluding steroid dienone is 2. The molecule has 11 atom stereocenters. The number of hydrogen-bond donors (Lipinski definition) is 4. The smallest absolute Gasteiger partial charge is 0.306 e. The number of carboxylic acid groups (broad SMARTS) is 1. The lowest BCUT2D eigenvalue weighted by Gasteiger charge is -2.32. The molecule has 11 nitrogen and oxygen atoms in total. The van der Waals surface area contributed by atoms with Crippen molar-refractivity contribution in [3.05, 3.63) is 36.0 Å². The maximum absolute atomic E-state index is 12.8. The lowest BCUT2D eigenvalue weighted by atomic mass is 9.86. The molecule has 2 heterocycles. The second kappa shape index (κ2) is 17.8. The zero-order valence-electron chi connectivity index (χ0n) is 27.8. The van der Waals surface area contributed by atoms with Gasteiger partial charge in [0, 0.05) is 32.3 Å². The van der Waals surface area contributed by atoms with Crippen LogP contribution in [0.5, 0.6) is 0 Å². The molecule has 252 valence electrons. The highest BCUT2D eigenvalue weighted by atomic mass is 16.6. The lowest BCUT2D eigenvalue weighted by Crippen LogP contribution is -2.49. The van der Waals surface area contributed by atoms with E-state index in [4.69, 9.17) is 34.6 Å². The van der Waals surface area contributed by atoms with Gasteiger partial charge in [-0.25, -0.2) is 0 Å². The van der Waals surface area contributed by atoms with Gasteiger partial charge in [-0.1, -0.05) is 52.0 Å². The van der Waals surface area contributed by atoms with E-state index in [2.05, 4.69) is 13.8 Å². The van der Waals surface area contributed by atoms with Crippen LogP contribution in [0.3, 0.4) is 0 Å². The zero-order chi connectivity index (χ0) is 33.8. The molecule has 0 aromatic rings. The van der Waals surface area contributed by atoms with Crippen LogP contribution in [0.2, 0.25) is 0 Å². The number of rotatable bonds is 10. The van der Waals surface area contributed by atoms with Gasteiger partial charge in [-0.15, -0.1) is 0 Å². The summed E-state index contributed by atoms with van der Waals surface area (Å²) in [5, 5.41) is 29.1. The fourth-order valence-electron chi connectivity index (χ4n) is 5.55. The molecule has 44 heavy (non-hydrogen) atoms. The van der Waals surface area contributed by atoms with Crippen molar-refractivity contribution in [1.82, 2.24) is 0 Å². The largest absolute Gasteiger partial charge is 0.483 e. The zero-order valence-corrected chi connectivity index (χ0v) is 27.8. The van der Waals surface area contributed by atoms with Crippen LogP contribution in [0.25, 0.3) is 0 Å². The van der Waals surface area contributed by atoms with Gasteiger partial charge in [0.1, 0.15) is 23.9 Å². The molecule has 11 heteroatoms. The van der Waals surface area contributed by atoms with E-state index in [1.54, 1.807) is 51.3 Å². The molecule has 0 spiro atoms. The highest BCUT2D eigenvalue weighted by molar-refractivity contribution is 5.70. The van der Waals surface area contributed by atoms with Gasteiger partial charge in [0.25, 0.3) is 6.47 Å². The number of carbonyl (C=O) groups excluding carboxylic acids is 2. The molecule has 0 radical (unpaired) electrons. The Kier molecular flexibility index (Phi) is 16.0. The molecule has 5 N–H and O–H groups in total. The molecule has 1 saturated heterocycles. The molecule has 0 aromatic carbocycles. The van der Waals surface area contributed by atoms with Crippen LogP contribution in [0.15, 0.2) is 36.0 Å². The van der Waals surface area contributed by atoms with Crippen molar-refractivity contribution in [2.75, 3.05) is 7.11 Å². The maximum atomic E-state index is 12.8. The molecular weight excluding hydrogens is 570 g/mol. The Hall–Kier alpha value is -2.57. The first-order valence-corrected chi connectivity index (χ1v) is 15.3. The monoisotopic (exact) mass is 625 g/mol. The van der Waals surface area contributed by atoms with E-state index in [9.17, 15) is 19.8 Å². The maximum Gasteiger partial charge on any atom is 0.306 e. The first-order valence-electron chi connectivity index (χ1n) is 15.3. The van der Waals surface area contributed by atoms with Crippen molar-refractivity contribution in [3.63, 3.8) is 0 Å². The molecule has 2 rings (SSSR count). The van der Waals surface area contributed by atoms with Gasteiger partial charge in [-0.2, -0.15) is 0 Å². The van der Waals surface area contributed by atoms with Crippen molar-refractivity contribution >= 4 is 18.4 Å². The van der Waals surface area contributed by atoms with Crippen LogP contribution in [0.4, 0.5) is 0 Å². The Morgan fingerprint density at radius 1 is 1.27 bits per heavy atom. The topological polar surface area (TPSA) is 178 Å². The predicted octanol–water partition coefficient (Wildman–Crippen LogP) is 3.70. The SMILES string of the molecule is CC[C@H](OC)[C@@H](C)[C@H]1O[C@@H]1C(N)C(C)(O)/C=C/C=C(\C)C1OC(=O)C[C@H](C)CC[C@@](C)(O)[C@@H](OC(C)=O)/C=C/[C@@H]1C.O=CO. The van der Waals surface area contributed by atoms with Crippen molar-refractivity contribution in [3.8, 4) is 0 Å². The third kappa shape index (κ3) is 12.1. The summed E-state index contributed by atoms with van der Waals surface area (Å²) < 4.78 is 22.8. The van der Waals surface area contributed by atoms with Gasteiger partial charge >= 0.3 is 11.9 Å². The summed E-state index contributed by atoms with van der Waals surface area (Å²) in [4.78, 5) is 32.9. The second-order valence-corrected chi connectivity index (χ2v) is 12.6. The molecule has 0 bridgehead atoms. The molecule has 0 saturated carbocycles. The Labute approximate surface area is 262 Å². The van der Waals surface area contributed by atoms with Gasteiger partial charge in [-0.05, 0) is 57.6 Å². The molecule has 3 unspecified atom stereocenters. The molecule has 0 amide bonds. The Balaban J connectivity index is 0.00000309. The van der Waals surface area contributed by atoms with Gasteiger partial charge in [0.05, 0.1) is 23.9 Å². The predicted molar refractivity (Wildman–Crippen MR) is 166 cm³/mol. The Morgan fingerprint density at radius 2 is 1.89 bits per heavy atom. The van der Waals surface area contributed by atoms with Crippen LogP contribution in [0, 0.1) is 17.8 Å². The molecule has 0 aliphatic carbocycles. The van der Waals surface area contributed by atoms with Crippen molar-refractivity contribution in [1.29, 1.82) is 0 Å². The van der Waals surface area contributed by atoms with Crippen molar-refractivity contribution < 1.29 is 48.7 Å². The second-order valence-electron chi connectivity index (χ2n) is 12.6. The number of cyclic esters (lactones) is 1. The summed E-state index contributed by atoms with van der Waals surface area (Å²) in [5.41, 5.74) is 4.57. The number of ether oxygens (including phenoxy) is 4. The fraction of sp³-hybridized carbons (Fsp3) is 0.727. The van der Waals surface area contributed by atoms with Gasteiger partial charge in [0.15, 0.2) is 0 Å². The number of esters is 2. The fourth-order valence-corrected chi connectivity index (χ4v) is 5.55. The van der Waals surface area contributed by atoms with Crippen molar-refractivity contribution in [2.45, 2.75) is 129 Å². The number of nitrogens with two attached hydrogens (primary N) is 1. The van der Waals surface area contributed by atoms with Crippen molar-refractivity contribution in [2.24, 2.45) is 23.5 Å². The Morgan fingerprint density at radius 3 is 2.43 bits per heavy atom. The molecule has 2 aliphatic heterocycles. The quantitative estimate of drug-likeness (QED) is 0.0915. The van der Waals surface area contributed by atoms with E-state index < -0.39 is 35.4 Å². The summed E-state index contributed by atoms with van der Waals surface area (Å²) >= 11 is 0. The minimum Gasteiger partial charge on any atom is -0.483 e. The standard InChI is InChI=1S/C32H53NO8.CH2O2/c1-10-24(38-9)22(5)28-29(41-28)30(33)32(8,37)16-11-12-20(3)27-21(4)13-14-25(39-23(6)34)31(7,36)17-15-19(2)18-26(35)40-27;2-1-3/h11-14,16,19,21-22,24-25,27-30,36-37H,10,15,17-18,33H2,1-9H3;1H,(H,2,3)/b14-13+,16-11+,20-12+;/t19-,21+,22-,24+,25+,27?,28-,29+,30?,31-,32?;/m1./s1. The minimum absolute atomic E-state index is 0.0280. The number of hydrogen-bond acceptors (Lipinski definition) is 10. The molecule has 0 aromatic heterocycles. The van der Waals surface area contributed by atoms with E-state index >= 15 is 0 Å². The highest BCUT2D eigenvalue weighted by Gasteiger charge is 2.52. The summed E-state index contributed by atoms with van der Waals surface area (Å²) in [5.74, 6) is -0.967. The lowest BCUT2D eigenvalue weighted by molar-refractivity contribution is -0.156. The normalized spacial score (nSPS) is 34.0. The van der Waals surface area contributed by atoms with Crippen LogP contribution in [-0.4, -0.2) is 88.6 Å². The van der Waals surface area contributed by atoms with Crippen LogP contribution in [-0.2, 0) is 33.3 Å². The first-order chi connectivity index (χ1) is 20.4. The van der Waals surface area contributed by atoms with Gasteiger partial charge in [0.2, 0.25) is 0 Å². The summed E-state index contributed by atoms with van der Waals surface area (Å²) in [6, 6.07) is -0.636. The number of methoxy groups -OCH3 is 1. The summed E-state index contributed by atoms with van der Waals surface area (Å²) in [6.45, 7) is 14.2. The summed E-state index contributed by atoms with van der Waals surface area (Å²) in [7, 11) is 1.69. The third-order valence-electron chi connectivity index (χ3n) is 8.53. The number of epoxide rings is 1. The number of aliphatic hydroxyl groups is 2. The summed E-state index contributed by atoms with van der Waals surface area (Å²) in [6.07, 6.45) is 8.89. The van der Waals surface area contributed by atoms with E-state index in [1.165, 1.54) is 6.92 Å². The van der Waals surface area contributed by atoms with Gasteiger partial charge < -0.3 is 40.0 Å². The average Bonchev–Trinajstić information content (AvgIpc) is 3.73. The molecular formula is C33H55NO10. The van der Waals surface area contributed by atoms with E-state index in [-0.39, 0.29) is 54.9 Å². The van der Waals surface area contributed by atoms with E-state index in [1.807, 2.05) is 20.8 Å². The van der Waals surface area contributed by atoms with E-state index in [0.717, 1.165) is 12.0 Å². The van der Waals surface area contributed by atoms with Crippen LogP contribution in [0.1, 0.15) is 81.1 Å². The Bertz CT molecular complexity index is 1020. The number of carbonyl (C=O) groups is 3. The third-order valence-corrected chi connectivity index (χ3v) is 8.53. The first kappa shape index (κ1) is 39.5. The van der Waals surface area contributed by atoms with Gasteiger partial charge in [-0.3, -0.25) is 14.4 Å². The van der Waals surface area contributed by atoms with Crippen LogP contribution >= 0.6 is 0 Å². The average molecular weight is 626 g/mol.